The maximum Gasteiger partial charge on any atom is 0.251 e. The Balaban J connectivity index is 1.81. The van der Waals surface area contributed by atoms with Gasteiger partial charge in [0.1, 0.15) is 5.75 Å². The van der Waals surface area contributed by atoms with Crippen molar-refractivity contribution in [2.45, 2.75) is 46.3 Å². The van der Waals surface area contributed by atoms with Crippen molar-refractivity contribution >= 4 is 23.2 Å². The van der Waals surface area contributed by atoms with Gasteiger partial charge >= 0.3 is 0 Å². The maximum atomic E-state index is 12.1. The number of benzene rings is 2. The smallest absolute Gasteiger partial charge is 0.251 e. The molecular formula is C22H29N3O3. The number of anilines is 2. The van der Waals surface area contributed by atoms with Crippen molar-refractivity contribution in [3.05, 3.63) is 54.1 Å². The molecule has 2 rings (SSSR count). The Morgan fingerprint density at radius 1 is 0.929 bits per heavy atom. The van der Waals surface area contributed by atoms with Crippen LogP contribution < -0.4 is 20.7 Å². The Kier molecular flexibility index (Phi) is 7.87. The van der Waals surface area contributed by atoms with Crippen molar-refractivity contribution < 1.29 is 14.3 Å². The molecule has 150 valence electrons. The van der Waals surface area contributed by atoms with E-state index in [9.17, 15) is 9.59 Å². The van der Waals surface area contributed by atoms with Crippen molar-refractivity contribution in [3.63, 3.8) is 0 Å². The van der Waals surface area contributed by atoms with Crippen LogP contribution in [0, 0.1) is 0 Å². The third-order valence-corrected chi connectivity index (χ3v) is 4.10. The summed E-state index contributed by atoms with van der Waals surface area (Å²) in [5.41, 5.74) is 2.08. The van der Waals surface area contributed by atoms with Gasteiger partial charge in [0.2, 0.25) is 5.91 Å². The summed E-state index contributed by atoms with van der Waals surface area (Å²) in [4.78, 5) is 24.2. The Hall–Kier alpha value is -3.02. The fraction of sp³-hybridized carbons (Fsp3) is 0.364. The van der Waals surface area contributed by atoms with Gasteiger partial charge < -0.3 is 20.7 Å². The summed E-state index contributed by atoms with van der Waals surface area (Å²) >= 11 is 0. The number of hydrogen-bond acceptors (Lipinski definition) is 4. The summed E-state index contributed by atoms with van der Waals surface area (Å²) in [6.07, 6.45) is 0.991. The Bertz CT molecular complexity index is 771. The molecule has 6 nitrogen and oxygen atoms in total. The molecule has 0 saturated heterocycles. The lowest BCUT2D eigenvalue weighted by Gasteiger charge is -2.12. The highest BCUT2D eigenvalue weighted by Gasteiger charge is 2.08. The van der Waals surface area contributed by atoms with Crippen LogP contribution in [0.4, 0.5) is 11.4 Å². The molecule has 0 aliphatic heterocycles. The predicted octanol–water partition coefficient (Wildman–Crippen LogP) is 4.05. The summed E-state index contributed by atoms with van der Waals surface area (Å²) in [6, 6.07) is 14.5. The number of carbonyl (C=O) groups is 2. The van der Waals surface area contributed by atoms with Gasteiger partial charge in [0.25, 0.3) is 5.91 Å². The van der Waals surface area contributed by atoms with Gasteiger partial charge in [-0.15, -0.1) is 0 Å². The van der Waals surface area contributed by atoms with Gasteiger partial charge in [-0.1, -0.05) is 6.92 Å². The van der Waals surface area contributed by atoms with E-state index >= 15 is 0 Å². The SMILES string of the molecule is CCC(C)NC(=O)c1ccc(NCC(=O)Nc2ccc(OC(C)C)cc2)cc1. The molecule has 1 atom stereocenters. The lowest BCUT2D eigenvalue weighted by molar-refractivity contribution is -0.114. The van der Waals surface area contributed by atoms with Crippen molar-refractivity contribution in [1.82, 2.24) is 5.32 Å². The van der Waals surface area contributed by atoms with Gasteiger partial charge in [-0.25, -0.2) is 0 Å². The minimum Gasteiger partial charge on any atom is -0.491 e. The quantitative estimate of drug-likeness (QED) is 0.610. The van der Waals surface area contributed by atoms with Gasteiger partial charge in [0.15, 0.2) is 0 Å². The van der Waals surface area contributed by atoms with Crippen LogP contribution in [0.25, 0.3) is 0 Å². The molecule has 2 aromatic carbocycles. The van der Waals surface area contributed by atoms with Crippen molar-refractivity contribution in [1.29, 1.82) is 0 Å². The van der Waals surface area contributed by atoms with E-state index in [-0.39, 0.29) is 30.5 Å². The van der Waals surface area contributed by atoms with Crippen LogP contribution in [0.15, 0.2) is 48.5 Å². The molecule has 28 heavy (non-hydrogen) atoms. The average Bonchev–Trinajstić information content (AvgIpc) is 2.67. The second-order valence-corrected chi connectivity index (χ2v) is 6.95. The number of ether oxygens (including phenoxy) is 1. The molecule has 0 saturated carbocycles. The van der Waals surface area contributed by atoms with Crippen LogP contribution in [-0.4, -0.2) is 30.5 Å². The van der Waals surface area contributed by atoms with Crippen LogP contribution in [0.2, 0.25) is 0 Å². The molecule has 0 heterocycles. The molecule has 2 aromatic rings. The molecule has 0 radical (unpaired) electrons. The van der Waals surface area contributed by atoms with Crippen molar-refractivity contribution in [2.75, 3.05) is 17.2 Å². The Labute approximate surface area is 166 Å². The Morgan fingerprint density at radius 2 is 1.54 bits per heavy atom. The van der Waals surface area contributed by atoms with Crippen molar-refractivity contribution in [2.24, 2.45) is 0 Å². The Morgan fingerprint density at radius 3 is 2.11 bits per heavy atom. The van der Waals surface area contributed by atoms with E-state index in [1.54, 1.807) is 36.4 Å². The lowest BCUT2D eigenvalue weighted by atomic mass is 10.1. The second kappa shape index (κ2) is 10.3. The van der Waals surface area contributed by atoms with Crippen LogP contribution in [0.5, 0.6) is 5.75 Å². The van der Waals surface area contributed by atoms with Crippen LogP contribution >= 0.6 is 0 Å². The molecule has 0 aliphatic rings. The monoisotopic (exact) mass is 383 g/mol. The third kappa shape index (κ3) is 6.95. The number of amides is 2. The van der Waals surface area contributed by atoms with E-state index in [1.165, 1.54) is 0 Å². The first kappa shape index (κ1) is 21.3. The molecule has 1 unspecified atom stereocenters. The lowest BCUT2D eigenvalue weighted by Crippen LogP contribution is -2.31. The fourth-order valence-electron chi connectivity index (χ4n) is 2.43. The largest absolute Gasteiger partial charge is 0.491 e. The molecule has 2 amide bonds. The van der Waals surface area contributed by atoms with Gasteiger partial charge in [0.05, 0.1) is 12.6 Å². The molecule has 0 aliphatic carbocycles. The van der Waals surface area contributed by atoms with E-state index in [2.05, 4.69) is 16.0 Å². The van der Waals surface area contributed by atoms with Gasteiger partial charge in [-0.2, -0.15) is 0 Å². The van der Waals surface area contributed by atoms with Gasteiger partial charge in [-0.05, 0) is 75.7 Å². The molecule has 6 heteroatoms. The van der Waals surface area contributed by atoms with Gasteiger partial charge in [-0.3, -0.25) is 9.59 Å². The summed E-state index contributed by atoms with van der Waals surface area (Å²) in [7, 11) is 0. The van der Waals surface area contributed by atoms with E-state index in [0.717, 1.165) is 17.9 Å². The number of rotatable bonds is 9. The zero-order valence-corrected chi connectivity index (χ0v) is 16.9. The topological polar surface area (TPSA) is 79.5 Å². The van der Waals surface area contributed by atoms with Crippen molar-refractivity contribution in [3.8, 4) is 5.75 Å². The molecule has 0 aromatic heterocycles. The van der Waals surface area contributed by atoms with E-state index in [4.69, 9.17) is 4.74 Å². The number of carbonyl (C=O) groups excluding carboxylic acids is 2. The first-order valence-corrected chi connectivity index (χ1v) is 9.58. The van der Waals surface area contributed by atoms with Gasteiger partial charge in [0, 0.05) is 23.0 Å². The highest BCUT2D eigenvalue weighted by molar-refractivity contribution is 5.95. The highest BCUT2D eigenvalue weighted by Crippen LogP contribution is 2.17. The summed E-state index contributed by atoms with van der Waals surface area (Å²) in [5, 5.41) is 8.81. The van der Waals surface area contributed by atoms with Crippen LogP contribution in [0.1, 0.15) is 44.5 Å². The van der Waals surface area contributed by atoms with Crippen LogP contribution in [-0.2, 0) is 4.79 Å². The molecule has 3 N–H and O–H groups in total. The minimum absolute atomic E-state index is 0.0939. The molecule has 0 fully saturated rings. The second-order valence-electron chi connectivity index (χ2n) is 6.95. The zero-order chi connectivity index (χ0) is 20.5. The first-order valence-electron chi connectivity index (χ1n) is 9.58. The molecule has 0 bridgehead atoms. The maximum absolute atomic E-state index is 12.1. The normalized spacial score (nSPS) is 11.6. The first-order chi connectivity index (χ1) is 13.4. The zero-order valence-electron chi connectivity index (χ0n) is 16.9. The average molecular weight is 383 g/mol. The molecular weight excluding hydrogens is 354 g/mol. The highest BCUT2D eigenvalue weighted by atomic mass is 16.5. The van der Waals surface area contributed by atoms with E-state index in [0.29, 0.717) is 11.3 Å². The fourth-order valence-corrected chi connectivity index (χ4v) is 2.43. The third-order valence-electron chi connectivity index (χ3n) is 4.10. The van der Waals surface area contributed by atoms with E-state index in [1.807, 2.05) is 39.8 Å². The standard InChI is InChI=1S/C22H29N3O3/c1-5-16(4)24-22(27)17-6-8-18(9-7-17)23-14-21(26)25-19-10-12-20(13-11-19)28-15(2)3/h6-13,15-16,23H,5,14H2,1-4H3,(H,24,27)(H,25,26). The summed E-state index contributed by atoms with van der Waals surface area (Å²) < 4.78 is 5.58. The predicted molar refractivity (Wildman–Crippen MR) is 113 cm³/mol. The number of hydrogen-bond donors (Lipinski definition) is 3. The number of nitrogens with one attached hydrogen (secondary N) is 3. The summed E-state index contributed by atoms with van der Waals surface area (Å²) in [5.74, 6) is 0.517. The van der Waals surface area contributed by atoms with E-state index < -0.39 is 0 Å². The summed E-state index contributed by atoms with van der Waals surface area (Å²) in [6.45, 7) is 8.05. The molecule has 0 spiro atoms. The minimum atomic E-state index is -0.156. The van der Waals surface area contributed by atoms with Crippen LogP contribution in [0.3, 0.4) is 0 Å².